The van der Waals surface area contributed by atoms with Crippen LogP contribution in [0.4, 0.5) is 20.2 Å². The van der Waals surface area contributed by atoms with E-state index in [0.29, 0.717) is 42.9 Å². The fourth-order valence-electron chi connectivity index (χ4n) is 3.38. The monoisotopic (exact) mass is 439 g/mol. The normalized spacial score (nSPS) is 17.1. The number of piperidine rings is 1. The SMILES string of the molecule is CS(=O)(=O)NC1CCCN(C(=O)c2ccccc2Nc2ccc(OC(F)F)cc2)C1. The molecular formula is C20H23F2N3O4S. The number of nitrogens with one attached hydrogen (secondary N) is 2. The van der Waals surface area contributed by atoms with Gasteiger partial charge in [0.1, 0.15) is 5.75 Å². The number of para-hydroxylation sites is 1. The van der Waals surface area contributed by atoms with Crippen molar-refractivity contribution in [3.8, 4) is 5.75 Å². The van der Waals surface area contributed by atoms with Crippen molar-refractivity contribution in [3.63, 3.8) is 0 Å². The van der Waals surface area contributed by atoms with Crippen LogP contribution in [-0.2, 0) is 10.0 Å². The van der Waals surface area contributed by atoms with Gasteiger partial charge in [-0.2, -0.15) is 8.78 Å². The van der Waals surface area contributed by atoms with Gasteiger partial charge in [0.05, 0.1) is 17.5 Å². The lowest BCUT2D eigenvalue weighted by Gasteiger charge is -2.33. The van der Waals surface area contributed by atoms with Gasteiger partial charge in [0.25, 0.3) is 5.91 Å². The average molecular weight is 439 g/mol. The van der Waals surface area contributed by atoms with E-state index >= 15 is 0 Å². The van der Waals surface area contributed by atoms with Gasteiger partial charge in [-0.25, -0.2) is 13.1 Å². The van der Waals surface area contributed by atoms with Crippen molar-refractivity contribution in [2.24, 2.45) is 0 Å². The summed E-state index contributed by atoms with van der Waals surface area (Å²) >= 11 is 0. The van der Waals surface area contributed by atoms with Crippen LogP contribution in [0.1, 0.15) is 23.2 Å². The first-order chi connectivity index (χ1) is 14.2. The van der Waals surface area contributed by atoms with Crippen LogP contribution in [0.5, 0.6) is 5.75 Å². The van der Waals surface area contributed by atoms with Crippen molar-refractivity contribution >= 4 is 27.3 Å². The minimum Gasteiger partial charge on any atom is -0.435 e. The van der Waals surface area contributed by atoms with Crippen molar-refractivity contribution in [3.05, 3.63) is 54.1 Å². The summed E-state index contributed by atoms with van der Waals surface area (Å²) < 4.78 is 54.5. The summed E-state index contributed by atoms with van der Waals surface area (Å²) in [6.07, 6.45) is 2.47. The molecule has 1 amide bonds. The summed E-state index contributed by atoms with van der Waals surface area (Å²) in [5, 5.41) is 3.12. The Balaban J connectivity index is 1.73. The van der Waals surface area contributed by atoms with E-state index in [-0.39, 0.29) is 17.7 Å². The Morgan fingerprint density at radius 2 is 1.87 bits per heavy atom. The number of carbonyl (C=O) groups is 1. The highest BCUT2D eigenvalue weighted by Gasteiger charge is 2.27. The predicted molar refractivity (Wildman–Crippen MR) is 110 cm³/mol. The molecule has 1 atom stereocenters. The third-order valence-electron chi connectivity index (χ3n) is 4.61. The second-order valence-corrected chi connectivity index (χ2v) is 8.83. The Morgan fingerprint density at radius 1 is 1.17 bits per heavy atom. The molecule has 1 saturated heterocycles. The Hall–Kier alpha value is -2.72. The largest absolute Gasteiger partial charge is 0.435 e. The van der Waals surface area contributed by atoms with Crippen LogP contribution in [0.15, 0.2) is 48.5 Å². The fourth-order valence-corrected chi connectivity index (χ4v) is 4.18. The van der Waals surface area contributed by atoms with Gasteiger partial charge < -0.3 is 15.0 Å². The summed E-state index contributed by atoms with van der Waals surface area (Å²) in [6, 6.07) is 12.6. The van der Waals surface area contributed by atoms with E-state index in [9.17, 15) is 22.0 Å². The van der Waals surface area contributed by atoms with Gasteiger partial charge >= 0.3 is 6.61 Å². The Morgan fingerprint density at radius 3 is 2.53 bits per heavy atom. The number of nitrogens with zero attached hydrogens (tertiary/aromatic N) is 1. The molecule has 3 rings (SSSR count). The van der Waals surface area contributed by atoms with Crippen LogP contribution in [0.25, 0.3) is 0 Å². The number of ether oxygens (including phenoxy) is 1. The molecular weight excluding hydrogens is 416 g/mol. The van der Waals surface area contributed by atoms with Crippen molar-refractivity contribution in [2.75, 3.05) is 24.7 Å². The molecule has 2 aromatic rings. The number of alkyl halides is 2. The predicted octanol–water partition coefficient (Wildman–Crippen LogP) is 3.19. The molecule has 0 aromatic heterocycles. The molecule has 0 spiro atoms. The third kappa shape index (κ3) is 6.14. The Kier molecular flexibility index (Phi) is 6.88. The van der Waals surface area contributed by atoms with E-state index in [1.807, 2.05) is 0 Å². The number of amides is 1. The minimum atomic E-state index is -3.36. The molecule has 1 unspecified atom stereocenters. The Bertz CT molecular complexity index is 984. The molecule has 2 aromatic carbocycles. The standard InChI is InChI=1S/C20H23F2N3O4S/c1-30(27,28)24-15-5-4-12-25(13-15)19(26)17-6-2-3-7-18(17)23-14-8-10-16(11-9-14)29-20(21)22/h2-3,6-11,15,20,23-24H,4-5,12-13H2,1H3. The molecule has 0 aliphatic carbocycles. The maximum atomic E-state index is 13.1. The summed E-state index contributed by atoms with van der Waals surface area (Å²) in [5.41, 5.74) is 1.60. The van der Waals surface area contributed by atoms with E-state index < -0.39 is 16.6 Å². The van der Waals surface area contributed by atoms with E-state index in [4.69, 9.17) is 0 Å². The maximum Gasteiger partial charge on any atom is 0.387 e. The van der Waals surface area contributed by atoms with Crippen LogP contribution in [0.2, 0.25) is 0 Å². The number of hydrogen-bond donors (Lipinski definition) is 2. The number of carbonyl (C=O) groups excluding carboxylic acids is 1. The smallest absolute Gasteiger partial charge is 0.387 e. The van der Waals surface area contributed by atoms with Crippen LogP contribution in [0.3, 0.4) is 0 Å². The first-order valence-electron chi connectivity index (χ1n) is 9.39. The Labute approximate surface area is 174 Å². The van der Waals surface area contributed by atoms with Gasteiger partial charge in [-0.05, 0) is 49.2 Å². The van der Waals surface area contributed by atoms with E-state index in [1.165, 1.54) is 12.1 Å². The summed E-state index contributed by atoms with van der Waals surface area (Å²) in [4.78, 5) is 14.7. The van der Waals surface area contributed by atoms with Gasteiger partial charge in [-0.3, -0.25) is 4.79 Å². The zero-order chi connectivity index (χ0) is 21.7. The number of rotatable bonds is 7. The molecule has 2 N–H and O–H groups in total. The first-order valence-corrected chi connectivity index (χ1v) is 11.3. The lowest BCUT2D eigenvalue weighted by atomic mass is 10.0. The van der Waals surface area contributed by atoms with Crippen molar-refractivity contribution in [2.45, 2.75) is 25.5 Å². The van der Waals surface area contributed by atoms with Crippen LogP contribution < -0.4 is 14.8 Å². The zero-order valence-corrected chi connectivity index (χ0v) is 17.2. The summed E-state index contributed by atoms with van der Waals surface area (Å²) in [7, 11) is -3.36. The highest BCUT2D eigenvalue weighted by Crippen LogP contribution is 2.25. The molecule has 30 heavy (non-hydrogen) atoms. The highest BCUT2D eigenvalue weighted by atomic mass is 32.2. The van der Waals surface area contributed by atoms with Gasteiger partial charge in [-0.15, -0.1) is 0 Å². The van der Waals surface area contributed by atoms with Gasteiger partial charge in [0, 0.05) is 24.8 Å². The number of likely N-dealkylation sites (tertiary alicyclic amines) is 1. The highest BCUT2D eigenvalue weighted by molar-refractivity contribution is 7.88. The molecule has 0 saturated carbocycles. The lowest BCUT2D eigenvalue weighted by molar-refractivity contribution is -0.0498. The number of benzene rings is 2. The van der Waals surface area contributed by atoms with Crippen LogP contribution in [0, 0.1) is 0 Å². The van der Waals surface area contributed by atoms with Crippen molar-refractivity contribution in [1.82, 2.24) is 9.62 Å². The molecule has 162 valence electrons. The average Bonchev–Trinajstić information content (AvgIpc) is 2.68. The third-order valence-corrected chi connectivity index (χ3v) is 5.37. The number of sulfonamides is 1. The van der Waals surface area contributed by atoms with E-state index in [1.54, 1.807) is 41.3 Å². The zero-order valence-electron chi connectivity index (χ0n) is 16.3. The van der Waals surface area contributed by atoms with E-state index in [2.05, 4.69) is 14.8 Å². The summed E-state index contributed by atoms with van der Waals surface area (Å²) in [5.74, 6) is -0.173. The maximum absolute atomic E-state index is 13.1. The molecule has 0 radical (unpaired) electrons. The van der Waals surface area contributed by atoms with Crippen molar-refractivity contribution in [1.29, 1.82) is 0 Å². The number of halogens is 2. The van der Waals surface area contributed by atoms with Gasteiger partial charge in [-0.1, -0.05) is 12.1 Å². The number of hydrogen-bond acceptors (Lipinski definition) is 5. The second-order valence-electron chi connectivity index (χ2n) is 7.05. The molecule has 7 nitrogen and oxygen atoms in total. The second kappa shape index (κ2) is 9.40. The van der Waals surface area contributed by atoms with Gasteiger partial charge in [0.2, 0.25) is 10.0 Å². The molecule has 1 aliphatic heterocycles. The van der Waals surface area contributed by atoms with Crippen molar-refractivity contribution < 1.29 is 26.7 Å². The molecule has 0 bridgehead atoms. The van der Waals surface area contributed by atoms with Crippen LogP contribution in [-0.4, -0.2) is 51.2 Å². The minimum absolute atomic E-state index is 0.0395. The first kappa shape index (κ1) is 22.0. The van der Waals surface area contributed by atoms with Gasteiger partial charge in [0.15, 0.2) is 0 Å². The fraction of sp³-hybridized carbons (Fsp3) is 0.350. The lowest BCUT2D eigenvalue weighted by Crippen LogP contribution is -2.49. The quantitative estimate of drug-likeness (QED) is 0.692. The summed E-state index contributed by atoms with van der Waals surface area (Å²) in [6.45, 7) is -2.07. The molecule has 1 heterocycles. The topological polar surface area (TPSA) is 87.7 Å². The molecule has 1 fully saturated rings. The molecule has 1 aliphatic rings. The van der Waals surface area contributed by atoms with Crippen LogP contribution >= 0.6 is 0 Å². The molecule has 10 heteroatoms. The number of anilines is 2. The van der Waals surface area contributed by atoms with E-state index in [0.717, 1.165) is 6.26 Å².